The smallest absolute Gasteiger partial charge is 0.338 e. The molecule has 1 unspecified atom stereocenters. The fourth-order valence-electron chi connectivity index (χ4n) is 1.73. The van der Waals surface area contributed by atoms with Gasteiger partial charge in [0, 0.05) is 12.1 Å². The molecule has 5 nitrogen and oxygen atoms in total. The van der Waals surface area contributed by atoms with E-state index in [0.717, 1.165) is 19.3 Å². The highest BCUT2D eigenvalue weighted by Gasteiger charge is 2.09. The topological polar surface area (TPSA) is 74.0 Å². The summed E-state index contributed by atoms with van der Waals surface area (Å²) in [5, 5.41) is 18.6. The lowest BCUT2D eigenvalue weighted by atomic mass is 10.2. The maximum Gasteiger partial charge on any atom is 0.338 e. The third-order valence-corrected chi connectivity index (χ3v) is 2.83. The lowest BCUT2D eigenvalue weighted by Gasteiger charge is -2.12. The zero-order valence-corrected chi connectivity index (χ0v) is 11.2. The summed E-state index contributed by atoms with van der Waals surface area (Å²) in [5.74, 6) is -0.460. The summed E-state index contributed by atoms with van der Waals surface area (Å²) in [6.07, 6.45) is 5.44. The molecule has 2 N–H and O–H groups in total. The Bertz CT molecular complexity index is 393. The fourth-order valence-corrected chi connectivity index (χ4v) is 1.73. The summed E-state index contributed by atoms with van der Waals surface area (Å²) in [7, 11) is 0. The molecule has 1 aromatic carbocycles. The molecular weight excluding hydrogens is 246 g/mol. The molecule has 0 aromatic heterocycles. The van der Waals surface area contributed by atoms with E-state index >= 15 is 0 Å². The average Bonchev–Trinajstić information content (AvgIpc) is 2.42. The van der Waals surface area contributed by atoms with E-state index < -0.39 is 11.2 Å². The minimum Gasteiger partial charge on any atom is -0.595 e. The third-order valence-electron chi connectivity index (χ3n) is 2.83. The van der Waals surface area contributed by atoms with E-state index in [1.807, 2.05) is 0 Å². The van der Waals surface area contributed by atoms with Gasteiger partial charge in [-0.15, -0.1) is 0 Å². The fraction of sp³-hybridized carbons (Fsp3) is 0.500. The highest BCUT2D eigenvalue weighted by molar-refractivity contribution is 5.90. The molecule has 0 aliphatic heterocycles. The molecule has 106 valence electrons. The molecule has 0 bridgehead atoms. The van der Waals surface area contributed by atoms with Gasteiger partial charge in [0.2, 0.25) is 0 Å². The Morgan fingerprint density at radius 1 is 1.32 bits per heavy atom. The number of ether oxygens (including phenoxy) is 1. The van der Waals surface area contributed by atoms with Crippen molar-refractivity contribution in [2.45, 2.75) is 39.0 Å². The van der Waals surface area contributed by atoms with Crippen LogP contribution in [-0.4, -0.2) is 17.8 Å². The highest BCUT2D eigenvalue weighted by atomic mass is 16.8. The van der Waals surface area contributed by atoms with Gasteiger partial charge < -0.3 is 9.94 Å². The molecule has 0 aliphatic rings. The van der Waals surface area contributed by atoms with E-state index in [0.29, 0.717) is 6.61 Å². The number of rotatable bonds is 8. The van der Waals surface area contributed by atoms with Gasteiger partial charge in [-0.25, -0.2) is 10.0 Å². The number of hydrogen-bond acceptors (Lipinski definition) is 4. The van der Waals surface area contributed by atoms with Crippen molar-refractivity contribution in [2.24, 2.45) is 0 Å². The quantitative estimate of drug-likeness (QED) is 0.430. The number of carbonyl (C=O) groups excluding carboxylic acids is 1. The Morgan fingerprint density at radius 2 is 2.05 bits per heavy atom. The molecule has 0 spiro atoms. The number of nitrogens with one attached hydrogen (secondary N) is 1. The average molecular weight is 267 g/mol. The second-order valence-corrected chi connectivity index (χ2v) is 4.44. The first-order chi connectivity index (χ1) is 9.15. The molecular formula is C14H21NO4. The van der Waals surface area contributed by atoms with E-state index in [-0.39, 0.29) is 11.3 Å². The van der Waals surface area contributed by atoms with Gasteiger partial charge in [0.1, 0.15) is 0 Å². The van der Waals surface area contributed by atoms with Crippen LogP contribution >= 0.6 is 0 Å². The molecule has 19 heavy (non-hydrogen) atoms. The van der Waals surface area contributed by atoms with E-state index in [1.54, 1.807) is 12.1 Å². The van der Waals surface area contributed by atoms with Crippen molar-refractivity contribution in [3.05, 3.63) is 35.0 Å². The van der Waals surface area contributed by atoms with Gasteiger partial charge in [-0.3, -0.25) is 0 Å². The van der Waals surface area contributed by atoms with Gasteiger partial charge in [-0.2, -0.15) is 5.23 Å². The van der Waals surface area contributed by atoms with Crippen molar-refractivity contribution >= 4 is 11.7 Å². The minimum atomic E-state index is -1.05. The van der Waals surface area contributed by atoms with Gasteiger partial charge in [0.05, 0.1) is 12.2 Å². The molecule has 1 atom stereocenters. The van der Waals surface area contributed by atoms with Crippen LogP contribution in [0.5, 0.6) is 0 Å². The Kier molecular flexibility index (Phi) is 7.10. The number of unbranched alkanes of at least 4 members (excludes halogenated alkanes) is 4. The Morgan fingerprint density at radius 3 is 2.74 bits per heavy atom. The van der Waals surface area contributed by atoms with Crippen molar-refractivity contribution in [3.8, 4) is 0 Å². The summed E-state index contributed by atoms with van der Waals surface area (Å²) in [6, 6.07) is 5.89. The molecule has 0 saturated carbocycles. The van der Waals surface area contributed by atoms with E-state index in [2.05, 4.69) is 6.92 Å². The van der Waals surface area contributed by atoms with Crippen LogP contribution in [0.3, 0.4) is 0 Å². The van der Waals surface area contributed by atoms with Crippen molar-refractivity contribution in [3.63, 3.8) is 0 Å². The summed E-state index contributed by atoms with van der Waals surface area (Å²) in [5.41, 5.74) is 0.380. The first kappa shape index (κ1) is 15.6. The Hall–Kier alpha value is -1.43. The largest absolute Gasteiger partial charge is 0.595 e. The van der Waals surface area contributed by atoms with Crippen LogP contribution in [0, 0.1) is 5.21 Å². The number of hydrogen-bond donors (Lipinski definition) is 2. The maximum absolute atomic E-state index is 11.7. The first-order valence-corrected chi connectivity index (χ1v) is 6.65. The molecule has 1 aromatic rings. The second-order valence-electron chi connectivity index (χ2n) is 4.44. The van der Waals surface area contributed by atoms with Crippen molar-refractivity contribution in [1.29, 1.82) is 0 Å². The van der Waals surface area contributed by atoms with Gasteiger partial charge in [-0.05, 0) is 12.5 Å². The van der Waals surface area contributed by atoms with E-state index in [1.165, 1.54) is 25.0 Å². The van der Waals surface area contributed by atoms with Crippen molar-refractivity contribution in [2.75, 3.05) is 6.61 Å². The summed E-state index contributed by atoms with van der Waals surface area (Å²) < 4.78 is 5.11. The molecule has 0 fully saturated rings. The molecule has 0 heterocycles. The molecule has 5 heteroatoms. The number of benzene rings is 1. The summed E-state index contributed by atoms with van der Waals surface area (Å²) >= 11 is 0. The normalized spacial score (nSPS) is 12.2. The van der Waals surface area contributed by atoms with E-state index in [4.69, 9.17) is 9.94 Å². The van der Waals surface area contributed by atoms with Crippen molar-refractivity contribution < 1.29 is 20.0 Å². The molecule has 0 aliphatic carbocycles. The third kappa shape index (κ3) is 5.83. The van der Waals surface area contributed by atoms with Crippen LogP contribution in [0.2, 0.25) is 0 Å². The van der Waals surface area contributed by atoms with E-state index in [9.17, 15) is 10.0 Å². The van der Waals surface area contributed by atoms with Crippen LogP contribution in [0.1, 0.15) is 49.4 Å². The number of carbonyl (C=O) groups is 1. The van der Waals surface area contributed by atoms with Gasteiger partial charge in [-0.1, -0.05) is 38.7 Å². The summed E-state index contributed by atoms with van der Waals surface area (Å²) in [4.78, 5) is 11.7. The highest BCUT2D eigenvalue weighted by Crippen LogP contribution is 2.09. The number of esters is 1. The SMILES string of the molecule is CCCCCCCOC(=O)c1cccc([NH+]([O-])O)c1. The Labute approximate surface area is 113 Å². The van der Waals surface area contributed by atoms with Crippen LogP contribution in [0.15, 0.2) is 24.3 Å². The molecule has 0 radical (unpaired) electrons. The van der Waals surface area contributed by atoms with Crippen LogP contribution in [0.25, 0.3) is 0 Å². The zero-order chi connectivity index (χ0) is 14.1. The standard InChI is InChI=1S/C14H21NO4/c1-2-3-4-5-6-10-19-14(16)12-8-7-9-13(11-12)15(17)18/h7-9,11,15,17H,2-6,10H2,1H3. The lowest BCUT2D eigenvalue weighted by molar-refractivity contribution is -0.991. The van der Waals surface area contributed by atoms with Crippen LogP contribution in [0.4, 0.5) is 5.69 Å². The lowest BCUT2D eigenvalue weighted by Crippen LogP contribution is -2.99. The zero-order valence-electron chi connectivity index (χ0n) is 11.2. The minimum absolute atomic E-state index is 0.0948. The van der Waals surface area contributed by atoms with Gasteiger partial charge in [0.25, 0.3) is 0 Å². The predicted octanol–water partition coefficient (Wildman–Crippen LogP) is 2.22. The number of quaternary nitrogens is 1. The molecule has 0 saturated heterocycles. The monoisotopic (exact) mass is 267 g/mol. The second kappa shape index (κ2) is 8.63. The van der Waals surface area contributed by atoms with Gasteiger partial charge in [0.15, 0.2) is 5.69 Å². The van der Waals surface area contributed by atoms with Crippen molar-refractivity contribution in [1.82, 2.24) is 0 Å². The maximum atomic E-state index is 11.7. The van der Waals surface area contributed by atoms with Crippen LogP contribution < -0.4 is 5.23 Å². The molecule has 0 amide bonds. The summed E-state index contributed by atoms with van der Waals surface area (Å²) in [6.45, 7) is 2.54. The van der Waals surface area contributed by atoms with Gasteiger partial charge >= 0.3 is 5.97 Å². The Balaban J connectivity index is 2.35. The predicted molar refractivity (Wildman–Crippen MR) is 71.3 cm³/mol. The van der Waals surface area contributed by atoms with Crippen LogP contribution in [-0.2, 0) is 4.74 Å². The molecule has 1 rings (SSSR count). The first-order valence-electron chi connectivity index (χ1n) is 6.65.